The van der Waals surface area contributed by atoms with Gasteiger partial charge < -0.3 is 29.7 Å². The molecule has 140 valence electrons. The third-order valence-electron chi connectivity index (χ3n) is 4.34. The molecule has 7 heteroatoms. The van der Waals surface area contributed by atoms with Crippen LogP contribution in [0.5, 0.6) is 5.75 Å². The summed E-state index contributed by atoms with van der Waals surface area (Å²) in [6.45, 7) is 1.46. The summed E-state index contributed by atoms with van der Waals surface area (Å²) in [6, 6.07) is 9.10. The van der Waals surface area contributed by atoms with Crippen LogP contribution >= 0.6 is 0 Å². The van der Waals surface area contributed by atoms with Crippen molar-refractivity contribution in [2.45, 2.75) is 25.0 Å². The molecule has 2 unspecified atom stereocenters. The van der Waals surface area contributed by atoms with Gasteiger partial charge in [0.05, 0.1) is 32.0 Å². The van der Waals surface area contributed by atoms with Crippen LogP contribution in [0.2, 0.25) is 0 Å². The lowest BCUT2D eigenvalue weighted by Gasteiger charge is -2.29. The first-order valence-corrected chi connectivity index (χ1v) is 8.42. The Kier molecular flexibility index (Phi) is 7.64. The first-order valence-electron chi connectivity index (χ1n) is 8.42. The molecule has 1 aliphatic carbocycles. The van der Waals surface area contributed by atoms with Crippen molar-refractivity contribution in [3.05, 3.63) is 30.3 Å². The average molecular weight is 353 g/mol. The van der Waals surface area contributed by atoms with Crippen LogP contribution in [0.15, 0.2) is 30.3 Å². The summed E-state index contributed by atoms with van der Waals surface area (Å²) >= 11 is 0. The minimum atomic E-state index is -0.802. The molecule has 1 aromatic carbocycles. The van der Waals surface area contributed by atoms with Gasteiger partial charge in [0, 0.05) is 19.1 Å². The Bertz CT molecular complexity index is 514. The molecular weight excluding hydrogens is 326 g/mol. The van der Waals surface area contributed by atoms with Crippen LogP contribution in [-0.2, 0) is 14.3 Å². The normalized spacial score (nSPS) is 25.7. The lowest BCUT2D eigenvalue weighted by atomic mass is 9.86. The van der Waals surface area contributed by atoms with E-state index in [2.05, 4.69) is 5.32 Å². The summed E-state index contributed by atoms with van der Waals surface area (Å²) in [7, 11) is 1.59. The number of methoxy groups -OCH3 is 1. The van der Waals surface area contributed by atoms with Gasteiger partial charge in [0.15, 0.2) is 6.61 Å². The Labute approximate surface area is 147 Å². The molecule has 1 amide bonds. The number of hydrogen-bond donors (Lipinski definition) is 3. The zero-order valence-corrected chi connectivity index (χ0v) is 14.5. The van der Waals surface area contributed by atoms with Gasteiger partial charge in [-0.3, -0.25) is 4.79 Å². The van der Waals surface area contributed by atoms with E-state index in [1.54, 1.807) is 19.2 Å². The van der Waals surface area contributed by atoms with Crippen molar-refractivity contribution in [2.24, 2.45) is 5.41 Å². The van der Waals surface area contributed by atoms with E-state index >= 15 is 0 Å². The average Bonchev–Trinajstić information content (AvgIpc) is 2.91. The minimum Gasteiger partial charge on any atom is -0.484 e. The first-order chi connectivity index (χ1) is 12.0. The lowest BCUT2D eigenvalue weighted by Crippen LogP contribution is -2.41. The molecule has 0 aromatic heterocycles. The Morgan fingerprint density at radius 3 is 2.52 bits per heavy atom. The molecule has 7 nitrogen and oxygen atoms in total. The van der Waals surface area contributed by atoms with Gasteiger partial charge in [-0.25, -0.2) is 0 Å². The van der Waals surface area contributed by atoms with Crippen LogP contribution in [0, 0.1) is 5.41 Å². The fraction of sp³-hybridized carbons (Fsp3) is 0.611. The Balaban J connectivity index is 1.81. The van der Waals surface area contributed by atoms with Crippen molar-refractivity contribution in [2.75, 3.05) is 40.1 Å². The van der Waals surface area contributed by atoms with E-state index in [1.807, 2.05) is 18.2 Å². The summed E-state index contributed by atoms with van der Waals surface area (Å²) in [5.74, 6) is 0.373. The van der Waals surface area contributed by atoms with Crippen molar-refractivity contribution in [3.63, 3.8) is 0 Å². The number of ether oxygens (including phenoxy) is 3. The molecule has 0 radical (unpaired) electrons. The molecule has 1 fully saturated rings. The molecular formula is C18H27NO6. The van der Waals surface area contributed by atoms with Crippen molar-refractivity contribution < 1.29 is 29.2 Å². The van der Waals surface area contributed by atoms with Crippen molar-refractivity contribution in [1.82, 2.24) is 5.32 Å². The van der Waals surface area contributed by atoms with Gasteiger partial charge in [-0.15, -0.1) is 0 Å². The van der Waals surface area contributed by atoms with E-state index in [0.29, 0.717) is 45.0 Å². The molecule has 1 aliphatic rings. The number of benzene rings is 1. The molecule has 2 atom stereocenters. The molecule has 1 aromatic rings. The van der Waals surface area contributed by atoms with Crippen molar-refractivity contribution in [3.8, 4) is 5.75 Å². The summed E-state index contributed by atoms with van der Waals surface area (Å²) in [4.78, 5) is 12.0. The molecule has 0 bridgehead atoms. The van der Waals surface area contributed by atoms with Crippen molar-refractivity contribution in [1.29, 1.82) is 0 Å². The van der Waals surface area contributed by atoms with E-state index in [9.17, 15) is 15.0 Å². The van der Waals surface area contributed by atoms with E-state index in [-0.39, 0.29) is 12.5 Å². The second-order valence-corrected chi connectivity index (χ2v) is 6.47. The number of nitrogens with one attached hydrogen (secondary N) is 1. The van der Waals surface area contributed by atoms with Crippen LogP contribution in [-0.4, -0.2) is 68.4 Å². The molecule has 0 spiro atoms. The van der Waals surface area contributed by atoms with Crippen LogP contribution in [0.25, 0.3) is 0 Å². The third-order valence-corrected chi connectivity index (χ3v) is 4.34. The largest absolute Gasteiger partial charge is 0.484 e. The van der Waals surface area contributed by atoms with E-state index < -0.39 is 17.6 Å². The maximum atomic E-state index is 12.0. The van der Waals surface area contributed by atoms with Gasteiger partial charge >= 0.3 is 0 Å². The fourth-order valence-electron chi connectivity index (χ4n) is 2.99. The number of carbonyl (C=O) groups is 1. The standard InChI is InChI=1S/C18H27NO6/c1-23-7-8-24-13-18(9-15(20)16(21)10-18)12-19-17(22)11-25-14-5-3-2-4-6-14/h2-6,15-16,20-21H,7-13H2,1H3,(H,19,22). The summed E-state index contributed by atoms with van der Waals surface area (Å²) in [5, 5.41) is 22.6. The van der Waals surface area contributed by atoms with E-state index in [1.165, 1.54) is 0 Å². The second kappa shape index (κ2) is 9.72. The number of rotatable bonds is 10. The van der Waals surface area contributed by atoms with E-state index in [4.69, 9.17) is 14.2 Å². The topological polar surface area (TPSA) is 97.3 Å². The maximum absolute atomic E-state index is 12.0. The van der Waals surface area contributed by atoms with Crippen LogP contribution < -0.4 is 10.1 Å². The number of aliphatic hydroxyl groups is 2. The predicted octanol–water partition coefficient (Wildman–Crippen LogP) is 0.347. The summed E-state index contributed by atoms with van der Waals surface area (Å²) in [6.07, 6.45) is -0.853. The zero-order valence-electron chi connectivity index (χ0n) is 14.5. The SMILES string of the molecule is COCCOCC1(CNC(=O)COc2ccccc2)CC(O)C(O)C1. The predicted molar refractivity (Wildman–Crippen MR) is 91.3 cm³/mol. The molecule has 0 aliphatic heterocycles. The molecule has 1 saturated carbocycles. The monoisotopic (exact) mass is 353 g/mol. The Morgan fingerprint density at radius 1 is 1.20 bits per heavy atom. The van der Waals surface area contributed by atoms with Gasteiger partial charge in [-0.05, 0) is 25.0 Å². The maximum Gasteiger partial charge on any atom is 0.257 e. The van der Waals surface area contributed by atoms with Crippen LogP contribution in [0.3, 0.4) is 0 Å². The molecule has 0 heterocycles. The molecule has 2 rings (SSSR count). The fourth-order valence-corrected chi connectivity index (χ4v) is 2.99. The number of para-hydroxylation sites is 1. The minimum absolute atomic E-state index is 0.0876. The van der Waals surface area contributed by atoms with Gasteiger partial charge in [0.2, 0.25) is 0 Å². The van der Waals surface area contributed by atoms with Gasteiger partial charge in [0.25, 0.3) is 5.91 Å². The van der Waals surface area contributed by atoms with Crippen molar-refractivity contribution >= 4 is 5.91 Å². The highest BCUT2D eigenvalue weighted by Gasteiger charge is 2.44. The number of hydrogen-bond acceptors (Lipinski definition) is 6. The van der Waals surface area contributed by atoms with E-state index in [0.717, 1.165) is 0 Å². The molecule has 0 saturated heterocycles. The highest BCUT2D eigenvalue weighted by molar-refractivity contribution is 5.77. The lowest BCUT2D eigenvalue weighted by molar-refractivity contribution is -0.124. The van der Waals surface area contributed by atoms with Gasteiger partial charge in [-0.2, -0.15) is 0 Å². The smallest absolute Gasteiger partial charge is 0.257 e. The van der Waals surface area contributed by atoms with Crippen LogP contribution in [0.4, 0.5) is 0 Å². The first kappa shape index (κ1) is 19.7. The van der Waals surface area contributed by atoms with Crippen LogP contribution in [0.1, 0.15) is 12.8 Å². The third kappa shape index (κ3) is 6.28. The van der Waals surface area contributed by atoms with Gasteiger partial charge in [0.1, 0.15) is 5.75 Å². The Hall–Kier alpha value is -1.67. The highest BCUT2D eigenvalue weighted by atomic mass is 16.5. The quantitative estimate of drug-likeness (QED) is 0.525. The highest BCUT2D eigenvalue weighted by Crippen LogP contribution is 2.38. The van der Waals surface area contributed by atoms with Gasteiger partial charge in [-0.1, -0.05) is 18.2 Å². The number of amides is 1. The Morgan fingerprint density at radius 2 is 1.88 bits per heavy atom. The molecule has 3 N–H and O–H groups in total. The number of aliphatic hydroxyl groups excluding tert-OH is 2. The summed E-state index contributed by atoms with van der Waals surface area (Å²) < 4.78 is 15.9. The zero-order chi connectivity index (χ0) is 18.1. The number of carbonyl (C=O) groups excluding carboxylic acids is 1. The summed E-state index contributed by atoms with van der Waals surface area (Å²) in [5.41, 5.74) is -0.491. The second-order valence-electron chi connectivity index (χ2n) is 6.47. The molecule has 25 heavy (non-hydrogen) atoms.